The maximum Gasteiger partial charge on any atom is 0.306 e. The van der Waals surface area contributed by atoms with Gasteiger partial charge in [0.25, 0.3) is 11.6 Å². The fourth-order valence-corrected chi connectivity index (χ4v) is 8.38. The number of nitro groups is 1. The van der Waals surface area contributed by atoms with Gasteiger partial charge in [0.05, 0.1) is 4.92 Å². The van der Waals surface area contributed by atoms with Gasteiger partial charge in [-0.2, -0.15) is 4.08 Å². The first-order valence-corrected chi connectivity index (χ1v) is 11.5. The fourth-order valence-electron chi connectivity index (χ4n) is 1.77. The van der Waals surface area contributed by atoms with Gasteiger partial charge in [-0.15, -0.1) is 0 Å². The Kier molecular flexibility index (Phi) is 7.79. The minimum Gasteiger partial charge on any atom is -0.271 e. The monoisotopic (exact) mass is 391 g/mol. The summed E-state index contributed by atoms with van der Waals surface area (Å²) in [6.45, 7) is 0.803. The van der Waals surface area contributed by atoms with Crippen LogP contribution in [0.1, 0.15) is 30.6 Å². The lowest BCUT2D eigenvalue weighted by molar-refractivity contribution is -0.384. The van der Waals surface area contributed by atoms with Crippen molar-refractivity contribution < 1.29 is 14.3 Å². The van der Waals surface area contributed by atoms with Crippen molar-refractivity contribution in [2.45, 2.75) is 25.5 Å². The van der Waals surface area contributed by atoms with Gasteiger partial charge in [-0.1, -0.05) is 37.2 Å². The molecule has 0 saturated heterocycles. The normalized spacial score (nSPS) is 14.9. The molecule has 24 heavy (non-hydrogen) atoms. The van der Waals surface area contributed by atoms with E-state index in [0.29, 0.717) is 0 Å². The Morgan fingerprint density at radius 2 is 1.88 bits per heavy atom. The molecule has 10 heteroatoms. The van der Waals surface area contributed by atoms with E-state index in [0.717, 1.165) is 6.42 Å². The van der Waals surface area contributed by atoms with Crippen molar-refractivity contribution in [2.24, 2.45) is 0 Å². The lowest BCUT2D eigenvalue weighted by atomic mass is 10.2. The molecule has 0 bridgehead atoms. The first-order valence-electron chi connectivity index (χ1n) is 7.27. The van der Waals surface area contributed by atoms with Crippen molar-refractivity contribution in [1.29, 1.82) is 0 Å². The molecule has 1 aromatic rings. The first-order chi connectivity index (χ1) is 11.2. The molecule has 2 atom stereocenters. The second-order valence-electron chi connectivity index (χ2n) is 5.09. The molecule has 1 amide bonds. The third-order valence-corrected chi connectivity index (χ3v) is 11.5. The number of amides is 1. The van der Waals surface area contributed by atoms with E-state index in [1.807, 2.05) is 13.8 Å². The standard InChI is InChI=1S/C14H22N3O4PS2/c1-6-11(2)24-22(21,16(4)23-5)15(3)14(18)12-7-9-13(10-8-12)17(19)20/h7-11H,6H2,1-5H3. The van der Waals surface area contributed by atoms with Crippen LogP contribution in [0.25, 0.3) is 0 Å². The van der Waals surface area contributed by atoms with Crippen molar-refractivity contribution in [1.82, 2.24) is 8.75 Å². The van der Waals surface area contributed by atoms with Crippen LogP contribution in [-0.4, -0.2) is 45.2 Å². The van der Waals surface area contributed by atoms with Gasteiger partial charge in [0, 0.05) is 37.0 Å². The van der Waals surface area contributed by atoms with Crippen molar-refractivity contribution in [2.75, 3.05) is 20.4 Å². The van der Waals surface area contributed by atoms with E-state index in [-0.39, 0.29) is 16.5 Å². The summed E-state index contributed by atoms with van der Waals surface area (Å²) in [7, 11) is 3.20. The highest BCUT2D eigenvalue weighted by Gasteiger charge is 2.38. The predicted octanol–water partition coefficient (Wildman–Crippen LogP) is 4.52. The first kappa shape index (κ1) is 21.0. The maximum absolute atomic E-state index is 13.5. The second-order valence-corrected chi connectivity index (χ2v) is 11.5. The van der Waals surface area contributed by atoms with Crippen LogP contribution in [0.3, 0.4) is 0 Å². The number of rotatable bonds is 8. The SMILES string of the molecule is CCC(C)SP(=O)(N(C)SC)N(C)C(=O)c1ccc([N+](=O)[O-])cc1. The molecular formula is C14H22N3O4PS2. The number of nitro benzene ring substituents is 1. The van der Waals surface area contributed by atoms with Crippen LogP contribution in [0, 0.1) is 10.1 Å². The summed E-state index contributed by atoms with van der Waals surface area (Å²) < 4.78 is 16.3. The zero-order valence-electron chi connectivity index (χ0n) is 14.3. The molecule has 0 aliphatic carbocycles. The van der Waals surface area contributed by atoms with E-state index in [4.69, 9.17) is 0 Å². The van der Waals surface area contributed by atoms with Crippen LogP contribution in [0.4, 0.5) is 5.69 Å². The Balaban J connectivity index is 3.12. The van der Waals surface area contributed by atoms with Crippen molar-refractivity contribution >= 4 is 41.6 Å². The summed E-state index contributed by atoms with van der Waals surface area (Å²) in [6, 6.07) is 5.31. The quantitative estimate of drug-likeness (QED) is 0.279. The molecule has 0 saturated carbocycles. The molecule has 0 aliphatic rings. The van der Waals surface area contributed by atoms with E-state index in [1.165, 1.54) is 59.3 Å². The van der Waals surface area contributed by atoms with Crippen molar-refractivity contribution in [3.63, 3.8) is 0 Å². The average Bonchev–Trinajstić information content (AvgIpc) is 2.59. The lowest BCUT2D eigenvalue weighted by Gasteiger charge is -2.34. The molecule has 1 aromatic carbocycles. The topological polar surface area (TPSA) is 83.8 Å². The van der Waals surface area contributed by atoms with Gasteiger partial charge in [-0.3, -0.25) is 24.1 Å². The molecular weight excluding hydrogens is 369 g/mol. The largest absolute Gasteiger partial charge is 0.306 e. The molecule has 134 valence electrons. The lowest BCUT2D eigenvalue weighted by Crippen LogP contribution is -2.28. The third kappa shape index (κ3) is 4.75. The molecule has 0 spiro atoms. The summed E-state index contributed by atoms with van der Waals surface area (Å²) in [5.74, 6) is -0.426. The van der Waals surface area contributed by atoms with E-state index < -0.39 is 17.5 Å². The molecule has 0 fully saturated rings. The minimum atomic E-state index is -3.16. The Bertz CT molecular complexity index is 641. The van der Waals surface area contributed by atoms with Crippen LogP contribution < -0.4 is 0 Å². The number of hydrogen-bond acceptors (Lipinski definition) is 6. The number of non-ortho nitro benzene ring substituents is 1. The Hall–Kier alpha value is -1.02. The maximum atomic E-state index is 13.5. The zero-order valence-corrected chi connectivity index (χ0v) is 16.9. The van der Waals surface area contributed by atoms with E-state index >= 15 is 0 Å². The summed E-state index contributed by atoms with van der Waals surface area (Å²) in [6.07, 6.45) is 2.63. The summed E-state index contributed by atoms with van der Waals surface area (Å²) in [4.78, 5) is 22.9. The Labute approximate surface area is 150 Å². The van der Waals surface area contributed by atoms with E-state index in [1.54, 1.807) is 17.4 Å². The summed E-state index contributed by atoms with van der Waals surface area (Å²) >= 11 is 2.57. The van der Waals surface area contributed by atoms with Crippen molar-refractivity contribution in [3.8, 4) is 0 Å². The van der Waals surface area contributed by atoms with Gasteiger partial charge in [0.1, 0.15) is 0 Å². The highest BCUT2D eigenvalue weighted by Crippen LogP contribution is 2.66. The third-order valence-electron chi connectivity index (χ3n) is 3.51. The molecule has 0 aromatic heterocycles. The molecule has 0 heterocycles. The Morgan fingerprint density at radius 3 is 2.29 bits per heavy atom. The highest BCUT2D eigenvalue weighted by atomic mass is 32.7. The van der Waals surface area contributed by atoms with Gasteiger partial charge >= 0.3 is 6.65 Å². The number of benzene rings is 1. The molecule has 2 unspecified atom stereocenters. The van der Waals surface area contributed by atoms with Gasteiger partial charge < -0.3 is 0 Å². The summed E-state index contributed by atoms with van der Waals surface area (Å²) in [5.41, 5.74) is 0.176. The van der Waals surface area contributed by atoms with Crippen LogP contribution >= 0.6 is 30.0 Å². The summed E-state index contributed by atoms with van der Waals surface area (Å²) in [5, 5.41) is 10.8. The van der Waals surface area contributed by atoms with Gasteiger partial charge in [0.2, 0.25) is 0 Å². The van der Waals surface area contributed by atoms with Crippen LogP contribution in [-0.2, 0) is 4.57 Å². The van der Waals surface area contributed by atoms with Crippen LogP contribution in [0.15, 0.2) is 24.3 Å². The number of nitrogens with zero attached hydrogens (tertiary/aromatic N) is 3. The zero-order chi connectivity index (χ0) is 18.5. The second kappa shape index (κ2) is 8.89. The smallest absolute Gasteiger partial charge is 0.271 e. The molecule has 1 rings (SSSR count). The van der Waals surface area contributed by atoms with Crippen LogP contribution in [0.5, 0.6) is 0 Å². The highest BCUT2D eigenvalue weighted by molar-refractivity contribution is 8.58. The van der Waals surface area contributed by atoms with Gasteiger partial charge in [0.15, 0.2) is 0 Å². The van der Waals surface area contributed by atoms with E-state index in [9.17, 15) is 19.5 Å². The number of carbonyl (C=O) groups is 1. The van der Waals surface area contributed by atoms with Gasteiger partial charge in [-0.05, 0) is 24.8 Å². The fraction of sp³-hybridized carbons (Fsp3) is 0.500. The Morgan fingerprint density at radius 1 is 1.33 bits per heavy atom. The average molecular weight is 391 g/mol. The molecule has 7 nitrogen and oxygen atoms in total. The van der Waals surface area contributed by atoms with Crippen molar-refractivity contribution in [3.05, 3.63) is 39.9 Å². The van der Waals surface area contributed by atoms with E-state index in [2.05, 4.69) is 0 Å². The predicted molar refractivity (Wildman–Crippen MR) is 101 cm³/mol. The number of carbonyl (C=O) groups excluding carboxylic acids is 1. The minimum absolute atomic E-state index is 0.0902. The van der Waals surface area contributed by atoms with Gasteiger partial charge in [-0.25, -0.2) is 0 Å². The molecule has 0 aliphatic heterocycles. The molecule has 0 radical (unpaired) electrons. The molecule has 0 N–H and O–H groups in total. The number of hydrogen-bond donors (Lipinski definition) is 0. The van der Waals surface area contributed by atoms with Crippen LogP contribution in [0.2, 0.25) is 0 Å².